The zero-order chi connectivity index (χ0) is 21.7. The smallest absolute Gasteiger partial charge is 0 e. The molecule has 2 aliphatic rings. The van der Waals surface area contributed by atoms with Crippen molar-refractivity contribution in [3.63, 3.8) is 0 Å². The molecule has 0 N–H and O–H groups in total. The molecule has 2 aromatic carbocycles. The van der Waals surface area contributed by atoms with Crippen LogP contribution in [-0.2, 0) is 40.6 Å². The van der Waals surface area contributed by atoms with E-state index in [-0.39, 0.29) is 24.5 Å². The average Bonchev–Trinajstić information content (AvgIpc) is 3.46. The van der Waals surface area contributed by atoms with Crippen LogP contribution in [0.2, 0.25) is 10.0 Å². The van der Waals surface area contributed by atoms with Gasteiger partial charge in [-0.25, -0.2) is 6.07 Å². The van der Waals surface area contributed by atoms with Gasteiger partial charge >= 0.3 is 28.2 Å². The molecule has 1 saturated heterocycles. The summed E-state index contributed by atoms with van der Waals surface area (Å²) in [6.07, 6.45) is 11.5. The van der Waals surface area contributed by atoms with Gasteiger partial charge in [-0.2, -0.15) is 30.8 Å². The first kappa shape index (κ1) is 35.3. The van der Waals surface area contributed by atoms with E-state index < -0.39 is 0 Å². The van der Waals surface area contributed by atoms with Crippen molar-refractivity contribution in [2.45, 2.75) is 32.2 Å². The molecule has 0 aromatic heterocycles. The Morgan fingerprint density at radius 3 is 2.23 bits per heavy atom. The molecule has 31 heavy (non-hydrogen) atoms. The van der Waals surface area contributed by atoms with Crippen LogP contribution in [-0.4, -0.2) is 25.4 Å². The Morgan fingerprint density at radius 2 is 1.90 bits per heavy atom. The molecule has 0 saturated carbocycles. The van der Waals surface area contributed by atoms with E-state index in [1.54, 1.807) is 18.8 Å². The van der Waals surface area contributed by atoms with E-state index in [0.29, 0.717) is 6.04 Å². The Kier molecular flexibility index (Phi) is 29.5. The van der Waals surface area contributed by atoms with E-state index in [1.807, 2.05) is 48.5 Å². The maximum absolute atomic E-state index is 8.68. The van der Waals surface area contributed by atoms with Crippen molar-refractivity contribution in [3.8, 4) is 0 Å². The zero-order valence-corrected chi connectivity index (χ0v) is 23.2. The van der Waals surface area contributed by atoms with Crippen molar-refractivity contribution in [2.75, 3.05) is 13.1 Å². The van der Waals surface area contributed by atoms with Crippen molar-refractivity contribution < 1.29 is 40.6 Å². The summed E-state index contributed by atoms with van der Waals surface area (Å²) in [7, 11) is 4.61. The molecule has 0 aliphatic carbocycles. The molecule has 2 heterocycles. The number of allylic oxidation sites excluding steroid dienone is 2. The Labute approximate surface area is 224 Å². The second-order valence-corrected chi connectivity index (χ2v) is 6.56. The van der Waals surface area contributed by atoms with Crippen molar-refractivity contribution in [1.29, 1.82) is 0 Å². The quantitative estimate of drug-likeness (QED) is 0.219. The minimum absolute atomic E-state index is 0. The Morgan fingerprint density at radius 1 is 1.26 bits per heavy atom. The predicted octanol–water partition coefficient (Wildman–Crippen LogP) is 8.11. The summed E-state index contributed by atoms with van der Waals surface area (Å²) in [4.78, 5) is 8.68. The molecule has 0 amide bonds. The third kappa shape index (κ3) is 20.1. The van der Waals surface area contributed by atoms with Crippen LogP contribution in [0.1, 0.15) is 26.2 Å². The summed E-state index contributed by atoms with van der Waals surface area (Å²) in [6.45, 7) is 3.19. The molecule has 0 radical (unpaired) electrons. The molecule has 8 heteroatoms. The summed E-state index contributed by atoms with van der Waals surface area (Å²) in [5.74, 6) is 0. The molecular formula is C23H28Cl3FeN2OPt-10. The second-order valence-electron chi connectivity index (χ2n) is 5.69. The van der Waals surface area contributed by atoms with Crippen molar-refractivity contribution in [3.05, 3.63) is 101 Å². The normalized spacial score (nSPS) is 15.4. The zero-order valence-electron chi connectivity index (χ0n) is 17.6. The van der Waals surface area contributed by atoms with Crippen LogP contribution in [0.25, 0.3) is 10.6 Å². The number of nitrogens with zero attached hydrogens (tertiary/aromatic N) is 2. The minimum atomic E-state index is 0. The van der Waals surface area contributed by atoms with Gasteiger partial charge in [0.2, 0.25) is 0 Å². The fourth-order valence-corrected chi connectivity index (χ4v) is 2.68. The minimum Gasteiger partial charge on any atom is 0 e. The maximum Gasteiger partial charge on any atom is 0 e. The predicted molar refractivity (Wildman–Crippen MR) is 129 cm³/mol. The fraction of sp³-hybridized carbons (Fsp3) is 0.304. The molecule has 0 bridgehead atoms. The van der Waals surface area contributed by atoms with Crippen LogP contribution in [0.15, 0.2) is 72.5 Å². The average molecular weight is 706 g/mol. The largest absolute Gasteiger partial charge is 0 e. The van der Waals surface area contributed by atoms with Gasteiger partial charge in [-0.05, 0) is 0 Å². The van der Waals surface area contributed by atoms with Gasteiger partial charge < -0.3 is 63.7 Å². The first-order valence-electron chi connectivity index (χ1n) is 9.03. The molecule has 1 atom stereocenters. The van der Waals surface area contributed by atoms with Gasteiger partial charge in [0, 0.05) is 17.1 Å². The SMILES string of the molecule is C1=CC[N-]C(C2CCCC[N-]2)=C1.C[C-]=O.Cl[c-]1[cH-][cH-][cH-][cH-]1.Clc1ccc[cH-]1.[CH3-].[Cl][Pt].[Fe]. The van der Waals surface area contributed by atoms with E-state index in [4.69, 9.17) is 28.0 Å². The molecule has 0 spiro atoms. The summed E-state index contributed by atoms with van der Waals surface area (Å²) < 4.78 is 0. The third-order valence-corrected chi connectivity index (χ3v) is 4.11. The van der Waals surface area contributed by atoms with Crippen molar-refractivity contribution in [1.82, 2.24) is 0 Å². The number of rotatable bonds is 1. The second kappa shape index (κ2) is 25.9. The van der Waals surface area contributed by atoms with E-state index in [2.05, 4.69) is 38.3 Å². The van der Waals surface area contributed by atoms with Gasteiger partial charge in [-0.3, -0.25) is 6.29 Å². The standard InChI is InChI=1S/C10H14N2.2C5H4Cl.C2H3O.CH3.ClH.Fe.Pt/c1-3-7-11-9(5-1)10-6-2-4-8-12-10;2*6-5-3-1-2-4-5;1-2-3;;;;/h1,3,5,10H,2,4,6-8H2;2*1-4H;1H3;1H3;1H;;/q-2;-5;3*-1;;;+1/p-1. The van der Waals surface area contributed by atoms with Crippen LogP contribution in [0.3, 0.4) is 0 Å². The van der Waals surface area contributed by atoms with Crippen LogP contribution in [0.5, 0.6) is 0 Å². The van der Waals surface area contributed by atoms with Gasteiger partial charge in [-0.15, -0.1) is 36.8 Å². The van der Waals surface area contributed by atoms with Gasteiger partial charge in [0.1, 0.15) is 0 Å². The molecule has 2 aromatic rings. The number of carbonyl (C=O) groups excluding carboxylic acids is 1. The third-order valence-electron chi connectivity index (χ3n) is 3.60. The molecular weight excluding hydrogens is 678 g/mol. The molecule has 4 rings (SSSR count). The Balaban J connectivity index is -0.000000356. The summed E-state index contributed by atoms with van der Waals surface area (Å²) in [5.41, 5.74) is 1.19. The van der Waals surface area contributed by atoms with Crippen molar-refractivity contribution >= 4 is 38.9 Å². The summed E-state index contributed by atoms with van der Waals surface area (Å²) in [5, 5.41) is 10.6. The number of piperidine rings is 1. The van der Waals surface area contributed by atoms with Crippen LogP contribution >= 0.6 is 32.6 Å². The Hall–Kier alpha value is -0.312. The van der Waals surface area contributed by atoms with E-state index in [9.17, 15) is 0 Å². The van der Waals surface area contributed by atoms with Gasteiger partial charge in [0.15, 0.2) is 0 Å². The summed E-state index contributed by atoms with van der Waals surface area (Å²) >= 11 is 12.5. The summed E-state index contributed by atoms with van der Waals surface area (Å²) in [6, 6.07) is 15.4. The Bertz CT molecular complexity index is 624. The molecule has 3 nitrogen and oxygen atoms in total. The molecule has 1 unspecified atom stereocenters. The van der Waals surface area contributed by atoms with Gasteiger partial charge in [-0.1, -0.05) is 36.4 Å². The van der Waals surface area contributed by atoms with Crippen LogP contribution in [0.4, 0.5) is 0 Å². The topological polar surface area (TPSA) is 45.3 Å². The maximum atomic E-state index is 8.68. The molecule has 185 valence electrons. The van der Waals surface area contributed by atoms with Crippen molar-refractivity contribution in [2.24, 2.45) is 0 Å². The van der Waals surface area contributed by atoms with E-state index in [0.717, 1.165) is 23.1 Å². The molecule has 2 aliphatic heterocycles. The van der Waals surface area contributed by atoms with Gasteiger partial charge in [0.25, 0.3) is 0 Å². The number of hydrogen-bond donors (Lipinski definition) is 0. The van der Waals surface area contributed by atoms with E-state index in [1.165, 1.54) is 38.2 Å². The first-order valence-corrected chi connectivity index (χ1v) is 12.6. The fourth-order valence-electron chi connectivity index (χ4n) is 2.39. The molecule has 1 fully saturated rings. The first-order chi connectivity index (χ1) is 14.2. The van der Waals surface area contributed by atoms with E-state index >= 15 is 0 Å². The number of hydrogen-bond acceptors (Lipinski definition) is 1. The monoisotopic (exact) mass is 704 g/mol. The number of halogens is 3. The van der Waals surface area contributed by atoms with Gasteiger partial charge in [0.05, 0.1) is 0 Å². The van der Waals surface area contributed by atoms with Crippen LogP contribution < -0.4 is 0 Å². The van der Waals surface area contributed by atoms with Crippen LogP contribution in [0, 0.1) is 7.43 Å².